The molecular weight excluding hydrogens is 241 g/mol. The van der Waals surface area contributed by atoms with Crippen molar-refractivity contribution in [3.05, 3.63) is 21.1 Å². The van der Waals surface area contributed by atoms with E-state index in [0.29, 0.717) is 16.5 Å². The zero-order valence-corrected chi connectivity index (χ0v) is 9.16. The van der Waals surface area contributed by atoms with Crippen LogP contribution in [0.25, 0.3) is 0 Å². The van der Waals surface area contributed by atoms with Crippen LogP contribution in [0.5, 0.6) is 5.75 Å². The van der Waals surface area contributed by atoms with Crippen molar-refractivity contribution in [2.24, 2.45) is 0 Å². The van der Waals surface area contributed by atoms with Gasteiger partial charge in [0, 0.05) is 5.69 Å². The van der Waals surface area contributed by atoms with E-state index in [1.54, 1.807) is 13.2 Å². The SMILES string of the molecule is COc1c(Cl)cc(N)c(C)c1Br. The fourth-order valence-electron chi connectivity index (χ4n) is 0.899. The van der Waals surface area contributed by atoms with E-state index in [2.05, 4.69) is 15.9 Å². The van der Waals surface area contributed by atoms with Gasteiger partial charge >= 0.3 is 0 Å². The number of anilines is 1. The molecule has 1 rings (SSSR count). The summed E-state index contributed by atoms with van der Waals surface area (Å²) in [6, 6.07) is 1.68. The maximum Gasteiger partial charge on any atom is 0.152 e. The smallest absolute Gasteiger partial charge is 0.152 e. The van der Waals surface area contributed by atoms with E-state index < -0.39 is 0 Å². The molecule has 0 aliphatic heterocycles. The highest BCUT2D eigenvalue weighted by molar-refractivity contribution is 9.10. The summed E-state index contributed by atoms with van der Waals surface area (Å²) in [6.45, 7) is 1.90. The van der Waals surface area contributed by atoms with Crippen molar-refractivity contribution in [2.45, 2.75) is 6.92 Å². The van der Waals surface area contributed by atoms with Crippen LogP contribution < -0.4 is 10.5 Å². The largest absolute Gasteiger partial charge is 0.494 e. The van der Waals surface area contributed by atoms with E-state index in [-0.39, 0.29) is 0 Å². The third-order valence-corrected chi connectivity index (χ3v) is 2.90. The fraction of sp³-hybridized carbons (Fsp3) is 0.250. The average Bonchev–Trinajstić information content (AvgIpc) is 2.01. The maximum absolute atomic E-state index is 5.87. The number of rotatable bonds is 1. The van der Waals surface area contributed by atoms with Gasteiger partial charge in [-0.3, -0.25) is 0 Å². The van der Waals surface area contributed by atoms with Crippen LogP contribution in [0.3, 0.4) is 0 Å². The Hall–Kier alpha value is -0.410. The van der Waals surface area contributed by atoms with Gasteiger partial charge in [-0.2, -0.15) is 0 Å². The van der Waals surface area contributed by atoms with Crippen molar-refractivity contribution in [2.75, 3.05) is 12.8 Å². The van der Waals surface area contributed by atoms with Crippen molar-refractivity contribution in [3.8, 4) is 5.75 Å². The van der Waals surface area contributed by atoms with Gasteiger partial charge in [-0.1, -0.05) is 11.6 Å². The number of hydrogen-bond acceptors (Lipinski definition) is 2. The molecule has 1 aromatic carbocycles. The Bertz CT molecular complexity index is 314. The number of ether oxygens (including phenoxy) is 1. The molecule has 0 bridgehead atoms. The Morgan fingerprint density at radius 3 is 2.67 bits per heavy atom. The summed E-state index contributed by atoms with van der Waals surface area (Å²) in [4.78, 5) is 0. The molecule has 0 unspecified atom stereocenters. The average molecular weight is 251 g/mol. The lowest BCUT2D eigenvalue weighted by Crippen LogP contribution is -1.94. The Balaban J connectivity index is 3.40. The second-order valence-electron chi connectivity index (χ2n) is 2.42. The molecule has 0 heterocycles. The topological polar surface area (TPSA) is 35.2 Å². The molecule has 1 aromatic rings. The molecule has 2 N–H and O–H groups in total. The molecule has 4 heteroatoms. The second kappa shape index (κ2) is 3.54. The first kappa shape index (κ1) is 9.68. The lowest BCUT2D eigenvalue weighted by Gasteiger charge is -2.10. The molecular formula is C8H9BrClNO. The fourth-order valence-corrected chi connectivity index (χ4v) is 1.91. The first-order chi connectivity index (χ1) is 5.57. The third-order valence-electron chi connectivity index (χ3n) is 1.66. The van der Waals surface area contributed by atoms with E-state index in [9.17, 15) is 0 Å². The minimum Gasteiger partial charge on any atom is -0.494 e. The van der Waals surface area contributed by atoms with Crippen LogP contribution in [0.4, 0.5) is 5.69 Å². The number of methoxy groups -OCH3 is 1. The number of nitrogens with two attached hydrogens (primary N) is 1. The van der Waals surface area contributed by atoms with Crippen molar-refractivity contribution in [1.82, 2.24) is 0 Å². The second-order valence-corrected chi connectivity index (χ2v) is 3.62. The van der Waals surface area contributed by atoms with Gasteiger partial charge in [-0.05, 0) is 34.5 Å². The molecule has 0 spiro atoms. The quantitative estimate of drug-likeness (QED) is 0.778. The molecule has 0 radical (unpaired) electrons. The van der Waals surface area contributed by atoms with Crippen LogP contribution in [-0.2, 0) is 0 Å². The van der Waals surface area contributed by atoms with Crippen LogP contribution in [0, 0.1) is 6.92 Å². The van der Waals surface area contributed by atoms with Gasteiger partial charge in [0.1, 0.15) is 0 Å². The monoisotopic (exact) mass is 249 g/mol. The van der Waals surface area contributed by atoms with Gasteiger partial charge in [0.2, 0.25) is 0 Å². The summed E-state index contributed by atoms with van der Waals surface area (Å²) in [7, 11) is 1.57. The minimum atomic E-state index is 0.521. The molecule has 0 fully saturated rings. The van der Waals surface area contributed by atoms with E-state index in [0.717, 1.165) is 10.0 Å². The lowest BCUT2D eigenvalue weighted by atomic mass is 10.2. The van der Waals surface area contributed by atoms with Crippen LogP contribution in [-0.4, -0.2) is 7.11 Å². The molecule has 2 nitrogen and oxygen atoms in total. The van der Waals surface area contributed by atoms with Gasteiger partial charge in [0.25, 0.3) is 0 Å². The third kappa shape index (κ3) is 1.52. The normalized spacial score (nSPS) is 10.0. The highest BCUT2D eigenvalue weighted by atomic mass is 79.9. The van der Waals surface area contributed by atoms with Gasteiger partial charge in [-0.25, -0.2) is 0 Å². The van der Waals surface area contributed by atoms with Gasteiger partial charge in [0.15, 0.2) is 5.75 Å². The van der Waals surface area contributed by atoms with Gasteiger partial charge in [0.05, 0.1) is 16.6 Å². The molecule has 0 saturated heterocycles. The van der Waals surface area contributed by atoms with Crippen molar-refractivity contribution < 1.29 is 4.74 Å². The van der Waals surface area contributed by atoms with E-state index in [1.807, 2.05) is 6.92 Å². The highest BCUT2D eigenvalue weighted by Crippen LogP contribution is 2.38. The molecule has 66 valence electrons. The van der Waals surface area contributed by atoms with Gasteiger partial charge in [-0.15, -0.1) is 0 Å². The highest BCUT2D eigenvalue weighted by Gasteiger charge is 2.10. The summed E-state index contributed by atoms with van der Waals surface area (Å²) in [5.74, 6) is 0.628. The molecule has 0 aromatic heterocycles. The van der Waals surface area contributed by atoms with E-state index in [1.165, 1.54) is 0 Å². The van der Waals surface area contributed by atoms with Gasteiger partial charge < -0.3 is 10.5 Å². The molecule has 0 aliphatic carbocycles. The predicted octanol–water partition coefficient (Wildman–Crippen LogP) is 3.00. The summed E-state index contributed by atoms with van der Waals surface area (Å²) >= 11 is 9.22. The Labute approximate surface area is 84.8 Å². The predicted molar refractivity (Wildman–Crippen MR) is 54.9 cm³/mol. The van der Waals surface area contributed by atoms with Crippen LogP contribution >= 0.6 is 27.5 Å². The lowest BCUT2D eigenvalue weighted by molar-refractivity contribution is 0.412. The van der Waals surface area contributed by atoms with Crippen LogP contribution in [0.1, 0.15) is 5.56 Å². The van der Waals surface area contributed by atoms with Crippen molar-refractivity contribution in [1.29, 1.82) is 0 Å². The Kier molecular flexibility index (Phi) is 2.85. The number of hydrogen-bond donors (Lipinski definition) is 1. The Morgan fingerprint density at radius 2 is 2.17 bits per heavy atom. The first-order valence-corrected chi connectivity index (χ1v) is 4.53. The minimum absolute atomic E-state index is 0.521. The Morgan fingerprint density at radius 1 is 1.58 bits per heavy atom. The maximum atomic E-state index is 5.87. The van der Waals surface area contributed by atoms with E-state index in [4.69, 9.17) is 22.1 Å². The summed E-state index contributed by atoms with van der Waals surface area (Å²) in [5.41, 5.74) is 7.28. The summed E-state index contributed by atoms with van der Waals surface area (Å²) in [6.07, 6.45) is 0. The molecule has 0 atom stereocenters. The van der Waals surface area contributed by atoms with Crippen LogP contribution in [0.15, 0.2) is 10.5 Å². The zero-order chi connectivity index (χ0) is 9.30. The summed E-state index contributed by atoms with van der Waals surface area (Å²) < 4.78 is 5.89. The number of benzene rings is 1. The standard InChI is InChI=1S/C8H9BrClNO/c1-4-6(11)3-5(10)8(12-2)7(4)9/h3H,11H2,1-2H3. The summed E-state index contributed by atoms with van der Waals surface area (Å²) in [5, 5.41) is 0.521. The molecule has 0 amide bonds. The van der Waals surface area contributed by atoms with E-state index >= 15 is 0 Å². The number of nitrogen functional groups attached to an aromatic ring is 1. The molecule has 12 heavy (non-hydrogen) atoms. The molecule has 0 aliphatic rings. The van der Waals surface area contributed by atoms with Crippen molar-refractivity contribution >= 4 is 33.2 Å². The molecule has 0 saturated carbocycles. The van der Waals surface area contributed by atoms with Crippen molar-refractivity contribution in [3.63, 3.8) is 0 Å². The first-order valence-electron chi connectivity index (χ1n) is 3.36. The number of halogens is 2. The van der Waals surface area contributed by atoms with Crippen LogP contribution in [0.2, 0.25) is 5.02 Å². The zero-order valence-electron chi connectivity index (χ0n) is 6.82.